The van der Waals surface area contributed by atoms with Crippen LogP contribution in [0.5, 0.6) is 0 Å². The fraction of sp³-hybridized carbons (Fsp3) is 0.222. The molecule has 2 N–H and O–H groups in total. The maximum atomic E-state index is 12.1. The molecule has 0 saturated carbocycles. The molecule has 2 aromatic rings. The van der Waals surface area contributed by atoms with Crippen molar-refractivity contribution in [3.8, 4) is 0 Å². The van der Waals surface area contributed by atoms with Crippen molar-refractivity contribution in [2.45, 2.75) is 11.4 Å². The van der Waals surface area contributed by atoms with Crippen LogP contribution in [0.4, 0.5) is 0 Å². The molecule has 2 aromatic heterocycles. The molecule has 0 unspecified atom stereocenters. The first-order valence-electron chi connectivity index (χ1n) is 5.16. The smallest absolute Gasteiger partial charge is 0.345 e. The Kier molecular flexibility index (Phi) is 4.22. The highest BCUT2D eigenvalue weighted by Crippen LogP contribution is 2.31. The molecule has 0 aromatic carbocycles. The van der Waals surface area contributed by atoms with E-state index in [-0.39, 0.29) is 20.1 Å². The van der Waals surface area contributed by atoms with E-state index in [0.717, 1.165) is 17.4 Å². The van der Waals surface area contributed by atoms with Crippen molar-refractivity contribution in [1.29, 1.82) is 0 Å². The summed E-state index contributed by atoms with van der Waals surface area (Å²) in [6.45, 7) is -0.0755. The van der Waals surface area contributed by atoms with E-state index in [1.54, 1.807) is 7.05 Å². The first kappa shape index (κ1) is 15.1. The van der Waals surface area contributed by atoms with Gasteiger partial charge in [0.25, 0.3) is 0 Å². The highest BCUT2D eigenvalue weighted by molar-refractivity contribution is 9.11. The van der Waals surface area contributed by atoms with Crippen LogP contribution in [0.25, 0.3) is 0 Å². The monoisotopic (exact) mass is 380 g/mol. The van der Waals surface area contributed by atoms with Crippen LogP contribution in [-0.2, 0) is 23.6 Å². The molecule has 0 bridgehead atoms. The molecule has 0 aliphatic heterocycles. The SMILES string of the molecule is Cn1cnc(CNS(=O)(=O)c2cc(C(=O)O)sc2Br)n1. The van der Waals surface area contributed by atoms with Crippen LogP contribution < -0.4 is 4.72 Å². The average Bonchev–Trinajstić information content (AvgIpc) is 2.93. The Morgan fingerprint density at radius 2 is 2.30 bits per heavy atom. The lowest BCUT2D eigenvalue weighted by Gasteiger charge is -2.03. The minimum Gasteiger partial charge on any atom is -0.477 e. The van der Waals surface area contributed by atoms with Gasteiger partial charge in [-0.1, -0.05) is 0 Å². The van der Waals surface area contributed by atoms with Crippen molar-refractivity contribution in [2.24, 2.45) is 7.05 Å². The maximum Gasteiger partial charge on any atom is 0.345 e. The number of thiophene rings is 1. The highest BCUT2D eigenvalue weighted by Gasteiger charge is 2.23. The molecule has 0 radical (unpaired) electrons. The van der Waals surface area contributed by atoms with Crippen LogP contribution in [0.15, 0.2) is 21.1 Å². The maximum absolute atomic E-state index is 12.1. The number of carboxylic acid groups (broad SMARTS) is 1. The number of hydrogen-bond donors (Lipinski definition) is 2. The van der Waals surface area contributed by atoms with Crippen molar-refractivity contribution in [2.75, 3.05) is 0 Å². The number of aromatic nitrogens is 3. The Balaban J connectivity index is 2.20. The third-order valence-electron chi connectivity index (χ3n) is 2.22. The molecule has 20 heavy (non-hydrogen) atoms. The molecule has 8 nitrogen and oxygen atoms in total. The minimum absolute atomic E-state index is 0.0618. The van der Waals surface area contributed by atoms with Gasteiger partial charge in [-0.25, -0.2) is 22.9 Å². The van der Waals surface area contributed by atoms with Gasteiger partial charge in [0.1, 0.15) is 16.1 Å². The van der Waals surface area contributed by atoms with E-state index in [1.807, 2.05) is 0 Å². The summed E-state index contributed by atoms with van der Waals surface area (Å²) >= 11 is 3.89. The average molecular weight is 381 g/mol. The van der Waals surface area contributed by atoms with Crippen LogP contribution in [0, 0.1) is 0 Å². The summed E-state index contributed by atoms with van der Waals surface area (Å²) in [5.41, 5.74) is 0. The zero-order valence-corrected chi connectivity index (χ0v) is 13.3. The molecule has 108 valence electrons. The van der Waals surface area contributed by atoms with Gasteiger partial charge >= 0.3 is 5.97 Å². The molecular weight excluding hydrogens is 372 g/mol. The predicted octanol–water partition coefficient (Wildman–Crippen LogP) is 0.816. The molecule has 0 spiro atoms. The van der Waals surface area contributed by atoms with E-state index in [2.05, 4.69) is 30.7 Å². The number of aromatic carboxylic acids is 1. The first-order chi connectivity index (χ1) is 9.29. The van der Waals surface area contributed by atoms with Crippen molar-refractivity contribution < 1.29 is 18.3 Å². The summed E-state index contributed by atoms with van der Waals surface area (Å²) in [6.07, 6.45) is 1.45. The van der Waals surface area contributed by atoms with Crippen molar-refractivity contribution in [1.82, 2.24) is 19.5 Å². The highest BCUT2D eigenvalue weighted by atomic mass is 79.9. The predicted molar refractivity (Wildman–Crippen MR) is 74.0 cm³/mol. The molecule has 0 aliphatic rings. The van der Waals surface area contributed by atoms with Gasteiger partial charge in [-0.05, 0) is 22.0 Å². The van der Waals surface area contributed by atoms with Crippen LogP contribution in [-0.4, -0.2) is 34.3 Å². The molecule has 11 heteroatoms. The lowest BCUT2D eigenvalue weighted by molar-refractivity contribution is 0.0702. The lowest BCUT2D eigenvalue weighted by Crippen LogP contribution is -2.23. The number of aryl methyl sites for hydroxylation is 1. The summed E-state index contributed by atoms with van der Waals surface area (Å²) in [5.74, 6) is -0.857. The van der Waals surface area contributed by atoms with Crippen LogP contribution >= 0.6 is 27.3 Å². The van der Waals surface area contributed by atoms with Crippen molar-refractivity contribution >= 4 is 43.3 Å². The van der Waals surface area contributed by atoms with Crippen molar-refractivity contribution in [3.05, 3.63) is 26.9 Å². The largest absolute Gasteiger partial charge is 0.477 e. The lowest BCUT2D eigenvalue weighted by atomic mass is 10.5. The molecular formula is C9H9BrN4O4S2. The van der Waals surface area contributed by atoms with E-state index < -0.39 is 16.0 Å². The second-order valence-electron chi connectivity index (χ2n) is 3.71. The molecule has 2 rings (SSSR count). The fourth-order valence-electron chi connectivity index (χ4n) is 1.34. The zero-order valence-electron chi connectivity index (χ0n) is 10.1. The normalized spacial score (nSPS) is 11.7. The Hall–Kier alpha value is -1.30. The minimum atomic E-state index is -3.83. The number of hydrogen-bond acceptors (Lipinski definition) is 6. The number of rotatable bonds is 5. The molecule has 0 amide bonds. The van der Waals surface area contributed by atoms with Crippen molar-refractivity contribution in [3.63, 3.8) is 0 Å². The Morgan fingerprint density at radius 3 is 2.80 bits per heavy atom. The summed E-state index contributed by atoms with van der Waals surface area (Å²) in [4.78, 5) is 14.5. The summed E-state index contributed by atoms with van der Waals surface area (Å²) in [6, 6.07) is 1.10. The number of sulfonamides is 1. The summed E-state index contributed by atoms with van der Waals surface area (Å²) in [5, 5.41) is 12.8. The molecule has 0 fully saturated rings. The summed E-state index contributed by atoms with van der Waals surface area (Å²) < 4.78 is 28.2. The van der Waals surface area contributed by atoms with Crippen LogP contribution in [0.3, 0.4) is 0 Å². The first-order valence-corrected chi connectivity index (χ1v) is 8.25. The van der Waals surface area contributed by atoms with Gasteiger partial charge in [0, 0.05) is 7.05 Å². The Labute approximate surface area is 126 Å². The fourth-order valence-corrected chi connectivity index (χ4v) is 4.72. The van der Waals surface area contributed by atoms with Gasteiger partial charge in [-0.2, -0.15) is 5.10 Å². The third-order valence-corrected chi connectivity index (χ3v) is 5.86. The van der Waals surface area contributed by atoms with Gasteiger partial charge in [0.05, 0.1) is 10.3 Å². The molecule has 0 atom stereocenters. The Bertz CT molecular complexity index is 752. The number of carboxylic acids is 1. The van der Waals surface area contributed by atoms with E-state index in [9.17, 15) is 13.2 Å². The van der Waals surface area contributed by atoms with Gasteiger partial charge in [-0.15, -0.1) is 11.3 Å². The van der Waals surface area contributed by atoms with E-state index in [0.29, 0.717) is 5.82 Å². The topological polar surface area (TPSA) is 114 Å². The number of nitrogens with zero attached hydrogens (tertiary/aromatic N) is 3. The van der Waals surface area contributed by atoms with E-state index >= 15 is 0 Å². The van der Waals surface area contributed by atoms with E-state index in [1.165, 1.54) is 11.0 Å². The van der Waals surface area contributed by atoms with Crippen LogP contribution in [0.2, 0.25) is 0 Å². The van der Waals surface area contributed by atoms with Crippen LogP contribution in [0.1, 0.15) is 15.5 Å². The number of carbonyl (C=O) groups is 1. The third kappa shape index (κ3) is 3.23. The molecule has 0 aliphatic carbocycles. The summed E-state index contributed by atoms with van der Waals surface area (Å²) in [7, 11) is -2.17. The second kappa shape index (κ2) is 5.60. The quantitative estimate of drug-likeness (QED) is 0.793. The molecule has 0 saturated heterocycles. The number of nitrogens with one attached hydrogen (secondary N) is 1. The Morgan fingerprint density at radius 1 is 1.60 bits per heavy atom. The standard InChI is InChI=1S/C9H9BrN4O4S2/c1-14-4-11-7(13-14)3-12-20(17,18)6-2-5(9(15)16)19-8(6)10/h2,4,12H,3H2,1H3,(H,15,16). The molecule has 2 heterocycles. The zero-order chi connectivity index (χ0) is 14.9. The number of halogens is 1. The van der Waals surface area contributed by atoms with Gasteiger partial charge < -0.3 is 5.11 Å². The van der Waals surface area contributed by atoms with Gasteiger partial charge in [-0.3, -0.25) is 4.68 Å². The van der Waals surface area contributed by atoms with E-state index in [4.69, 9.17) is 5.11 Å². The van der Waals surface area contributed by atoms with Gasteiger partial charge in [0.2, 0.25) is 10.0 Å². The van der Waals surface area contributed by atoms with Gasteiger partial charge in [0.15, 0.2) is 5.82 Å². The second-order valence-corrected chi connectivity index (χ2v) is 7.82.